The van der Waals surface area contributed by atoms with Gasteiger partial charge >= 0.3 is 0 Å². The predicted octanol–water partition coefficient (Wildman–Crippen LogP) is 13.6. The van der Waals surface area contributed by atoms with E-state index < -0.39 is 0 Å². The quantitative estimate of drug-likeness (QED) is 0.167. The van der Waals surface area contributed by atoms with E-state index in [-0.39, 0.29) is 0 Å². The summed E-state index contributed by atoms with van der Waals surface area (Å²) in [5, 5.41) is 4.51. The number of hydrogen-bond acceptors (Lipinski definition) is 5. The van der Waals surface area contributed by atoms with Crippen LogP contribution in [0.15, 0.2) is 194 Å². The average molecular weight is 835 g/mol. The van der Waals surface area contributed by atoms with E-state index in [1.807, 2.05) is 60.9 Å². The van der Waals surface area contributed by atoms with Crippen LogP contribution in [0.1, 0.15) is 11.1 Å². The molecule has 13 rings (SSSR count). The lowest BCUT2D eigenvalue weighted by molar-refractivity contribution is 1.03. The number of benzene rings is 7. The van der Waals surface area contributed by atoms with Crippen molar-refractivity contribution in [2.45, 2.75) is 13.8 Å². The fourth-order valence-electron chi connectivity index (χ4n) is 10.0. The van der Waals surface area contributed by atoms with E-state index in [0.717, 1.165) is 88.7 Å². The third-order valence-corrected chi connectivity index (χ3v) is 12.8. The van der Waals surface area contributed by atoms with Gasteiger partial charge < -0.3 is 13.7 Å². The van der Waals surface area contributed by atoms with Crippen LogP contribution >= 0.6 is 0 Å². The molecular weight excluding hydrogens is 797 g/mol. The van der Waals surface area contributed by atoms with Crippen molar-refractivity contribution in [3.05, 3.63) is 206 Å². The Balaban J connectivity index is 1.28. The summed E-state index contributed by atoms with van der Waals surface area (Å²) in [7, 11) is 0. The van der Waals surface area contributed by atoms with E-state index in [1.165, 1.54) is 21.9 Å². The molecule has 0 bridgehead atoms. The van der Waals surface area contributed by atoms with Gasteiger partial charge in [0.1, 0.15) is 0 Å². The number of aromatic nitrogens is 8. The van der Waals surface area contributed by atoms with Crippen LogP contribution in [0.25, 0.3) is 117 Å². The number of nitrogens with zero attached hydrogens (tertiary/aromatic N) is 8. The predicted molar refractivity (Wildman–Crippen MR) is 264 cm³/mol. The van der Waals surface area contributed by atoms with Crippen LogP contribution in [0.5, 0.6) is 0 Å². The Labute approximate surface area is 373 Å². The van der Waals surface area contributed by atoms with Crippen LogP contribution in [-0.4, -0.2) is 38.6 Å². The molecule has 7 aromatic carbocycles. The zero-order chi connectivity index (χ0) is 43.2. The van der Waals surface area contributed by atoms with Crippen molar-refractivity contribution in [3.8, 4) is 51.2 Å². The zero-order valence-electron chi connectivity index (χ0n) is 35.6. The Morgan fingerprint density at radius 2 is 0.738 bits per heavy atom. The van der Waals surface area contributed by atoms with Gasteiger partial charge in [-0.1, -0.05) is 133 Å². The van der Waals surface area contributed by atoms with Crippen LogP contribution in [0.2, 0.25) is 0 Å². The van der Waals surface area contributed by atoms with E-state index in [9.17, 15) is 0 Å². The Morgan fingerprint density at radius 3 is 1.22 bits per heavy atom. The Bertz CT molecular complexity index is 3670. The molecule has 0 aliphatic heterocycles. The number of pyridine rings is 2. The van der Waals surface area contributed by atoms with Crippen molar-refractivity contribution in [1.29, 1.82) is 0 Å². The summed E-state index contributed by atoms with van der Waals surface area (Å²) in [4.78, 5) is 25.8. The first-order chi connectivity index (χ1) is 32.1. The third-order valence-electron chi connectivity index (χ3n) is 12.8. The molecule has 0 aliphatic rings. The first kappa shape index (κ1) is 36.9. The molecule has 0 spiro atoms. The number of aryl methyl sites for hydroxylation is 2. The van der Waals surface area contributed by atoms with Gasteiger partial charge in [-0.25, -0.2) is 15.0 Å². The second-order valence-corrected chi connectivity index (χ2v) is 16.6. The minimum absolute atomic E-state index is 0.555. The molecule has 0 unspecified atom stereocenters. The van der Waals surface area contributed by atoms with Crippen LogP contribution in [0, 0.1) is 13.8 Å². The molecule has 6 heterocycles. The molecule has 0 fully saturated rings. The Kier molecular flexibility index (Phi) is 8.17. The first-order valence-electron chi connectivity index (χ1n) is 21.8. The van der Waals surface area contributed by atoms with E-state index in [1.54, 1.807) is 0 Å². The molecule has 8 nitrogen and oxygen atoms in total. The van der Waals surface area contributed by atoms with E-state index in [2.05, 4.69) is 161 Å². The summed E-state index contributed by atoms with van der Waals surface area (Å²) in [6.07, 6.45) is 3.77. The number of para-hydroxylation sites is 4. The van der Waals surface area contributed by atoms with Crippen molar-refractivity contribution in [1.82, 2.24) is 38.6 Å². The van der Waals surface area contributed by atoms with Gasteiger partial charge in [0.25, 0.3) is 0 Å². The molecule has 0 amide bonds. The molecule has 13 aromatic rings. The summed E-state index contributed by atoms with van der Waals surface area (Å²) < 4.78 is 7.28. The van der Waals surface area contributed by atoms with Gasteiger partial charge in [-0.3, -0.25) is 9.97 Å². The summed E-state index contributed by atoms with van der Waals surface area (Å²) in [5.74, 6) is 1.74. The summed E-state index contributed by atoms with van der Waals surface area (Å²) in [5.41, 5.74) is 16.0. The number of rotatable bonds is 6. The highest BCUT2D eigenvalue weighted by atomic mass is 15.1. The molecule has 0 saturated heterocycles. The van der Waals surface area contributed by atoms with Crippen molar-refractivity contribution in [3.63, 3.8) is 0 Å². The summed E-state index contributed by atoms with van der Waals surface area (Å²) >= 11 is 0. The summed E-state index contributed by atoms with van der Waals surface area (Å²) in [6.45, 7) is 4.44. The van der Waals surface area contributed by atoms with E-state index in [0.29, 0.717) is 17.5 Å². The number of fused-ring (bicyclic) bond motifs is 9. The average Bonchev–Trinajstić information content (AvgIpc) is 4.01. The maximum atomic E-state index is 5.34. The lowest BCUT2D eigenvalue weighted by Gasteiger charge is -2.24. The molecule has 0 atom stereocenters. The van der Waals surface area contributed by atoms with Gasteiger partial charge in [0.05, 0.1) is 61.2 Å². The topological polar surface area (TPSA) is 79.2 Å². The van der Waals surface area contributed by atoms with E-state index in [4.69, 9.17) is 24.9 Å². The van der Waals surface area contributed by atoms with Gasteiger partial charge in [-0.15, -0.1) is 0 Å². The molecule has 6 aromatic heterocycles. The SMILES string of the molecule is Cc1cccc2c3cccc(C)c3n(-c3c(-n4c5ccccc5c5ncccc54)cc(-c4nc(-c5ccccc5)nc(-c5ccccc5)n4)cc3-n3c4ccccc4c4ncccc43)c12. The molecule has 65 heavy (non-hydrogen) atoms. The zero-order valence-corrected chi connectivity index (χ0v) is 35.6. The van der Waals surface area contributed by atoms with Crippen LogP contribution in [0.4, 0.5) is 0 Å². The highest BCUT2D eigenvalue weighted by Gasteiger charge is 2.28. The van der Waals surface area contributed by atoms with Gasteiger partial charge in [0, 0.05) is 50.6 Å². The highest BCUT2D eigenvalue weighted by Crippen LogP contribution is 2.45. The lowest BCUT2D eigenvalue weighted by Crippen LogP contribution is -2.11. The second-order valence-electron chi connectivity index (χ2n) is 16.6. The first-order valence-corrected chi connectivity index (χ1v) is 21.8. The standard InChI is InChI=1S/C57H38N8/c1-35-17-13-25-40-41-26-14-18-36(2)53(41)65(52(35)40)54-48(63-44-27-11-9-23-42(44)50-46(63)29-15-31-58-50)33-39(34-49(54)64-45-28-12-10-24-43(45)51-47(64)30-16-32-59-51)57-61-55(37-19-5-3-6-20-37)60-56(62-57)38-21-7-4-8-22-38/h3-34H,1-2H3. The normalized spacial score (nSPS) is 11.8. The molecule has 8 heteroatoms. The fraction of sp³-hybridized carbons (Fsp3) is 0.0351. The van der Waals surface area contributed by atoms with Crippen molar-refractivity contribution in [2.24, 2.45) is 0 Å². The Morgan fingerprint density at radius 1 is 0.338 bits per heavy atom. The second kappa shape index (κ2) is 14.4. The van der Waals surface area contributed by atoms with Crippen molar-refractivity contribution in [2.75, 3.05) is 0 Å². The smallest absolute Gasteiger partial charge is 0.164 e. The van der Waals surface area contributed by atoms with Gasteiger partial charge in [0.15, 0.2) is 17.5 Å². The minimum atomic E-state index is 0.555. The van der Waals surface area contributed by atoms with Crippen LogP contribution in [0.3, 0.4) is 0 Å². The number of hydrogen-bond donors (Lipinski definition) is 0. The van der Waals surface area contributed by atoms with Crippen molar-refractivity contribution >= 4 is 65.7 Å². The maximum absolute atomic E-state index is 5.34. The van der Waals surface area contributed by atoms with Crippen molar-refractivity contribution < 1.29 is 0 Å². The third kappa shape index (κ3) is 5.60. The molecule has 306 valence electrons. The monoisotopic (exact) mass is 834 g/mol. The summed E-state index contributed by atoms with van der Waals surface area (Å²) in [6, 6.07) is 63.7. The van der Waals surface area contributed by atoms with E-state index >= 15 is 0 Å². The highest BCUT2D eigenvalue weighted by molar-refractivity contribution is 6.14. The molecule has 0 aliphatic carbocycles. The fourth-order valence-corrected chi connectivity index (χ4v) is 10.0. The van der Waals surface area contributed by atoms with Crippen LogP contribution in [-0.2, 0) is 0 Å². The van der Waals surface area contributed by atoms with Gasteiger partial charge in [-0.05, 0) is 73.5 Å². The molecule has 0 saturated carbocycles. The van der Waals surface area contributed by atoms with Crippen LogP contribution < -0.4 is 0 Å². The van der Waals surface area contributed by atoms with Gasteiger partial charge in [0.2, 0.25) is 0 Å². The minimum Gasteiger partial charge on any atom is -0.305 e. The largest absolute Gasteiger partial charge is 0.305 e. The van der Waals surface area contributed by atoms with Gasteiger partial charge in [-0.2, -0.15) is 0 Å². The Hall–Kier alpha value is -8.75. The molecule has 0 N–H and O–H groups in total. The molecule has 0 radical (unpaired) electrons. The maximum Gasteiger partial charge on any atom is 0.164 e. The lowest BCUT2D eigenvalue weighted by atomic mass is 10.1. The molecular formula is C57H38N8.